The van der Waals surface area contributed by atoms with Crippen molar-refractivity contribution in [2.75, 3.05) is 0 Å². The smallest absolute Gasteiger partial charge is 0.372 e. The Bertz CT molecular complexity index is 1210. The molecule has 2 aromatic carbocycles. The van der Waals surface area contributed by atoms with Crippen LogP contribution in [-0.4, -0.2) is 43.9 Å². The van der Waals surface area contributed by atoms with Crippen LogP contribution in [-0.2, 0) is 27.2 Å². The maximum absolute atomic E-state index is 11.0. The molecule has 0 aliphatic rings. The summed E-state index contributed by atoms with van der Waals surface area (Å²) in [6, 6.07) is 14.4. The van der Waals surface area contributed by atoms with Crippen LogP contribution in [0.15, 0.2) is 60.9 Å². The van der Waals surface area contributed by atoms with Crippen LogP contribution in [0.4, 0.5) is 0 Å². The zero-order chi connectivity index (χ0) is 21.7. The molecule has 2 aromatic heterocycles. The standard InChI is InChI=1S/C11H12N2O2.C11H9NO3/c12-9(11(14)15)5-7-6-13-10-4-2-1-3-8(7)10;13-10(11(14)15)5-7-6-12-9-4-2-1-3-8(7)9/h1-4,6,9,13H,5,12H2,(H,14,15);1-4,6,12H,5H2,(H,14,15)/t9-;/m0./s1. The number of H-pyrrole nitrogens is 2. The van der Waals surface area contributed by atoms with Crippen molar-refractivity contribution in [2.45, 2.75) is 18.9 Å². The van der Waals surface area contributed by atoms with E-state index in [-0.39, 0.29) is 6.42 Å². The number of Topliss-reactive ketones (excluding diaryl/α,β-unsaturated/α-hetero) is 1. The van der Waals surface area contributed by atoms with Gasteiger partial charge >= 0.3 is 11.9 Å². The monoisotopic (exact) mass is 407 g/mol. The molecule has 8 heteroatoms. The van der Waals surface area contributed by atoms with Crippen molar-refractivity contribution < 1.29 is 24.6 Å². The molecule has 0 radical (unpaired) electrons. The van der Waals surface area contributed by atoms with Gasteiger partial charge in [0.05, 0.1) is 0 Å². The summed E-state index contributed by atoms with van der Waals surface area (Å²) in [6.45, 7) is 0. The Morgan fingerprint density at radius 3 is 1.87 bits per heavy atom. The third-order valence-electron chi connectivity index (χ3n) is 4.70. The van der Waals surface area contributed by atoms with E-state index in [9.17, 15) is 14.4 Å². The Morgan fingerprint density at radius 1 is 0.833 bits per heavy atom. The number of carbonyl (C=O) groups excluding carboxylic acids is 1. The number of aliphatic carboxylic acids is 2. The summed E-state index contributed by atoms with van der Waals surface area (Å²) in [7, 11) is 0. The van der Waals surface area contributed by atoms with Crippen LogP contribution in [0.3, 0.4) is 0 Å². The molecule has 0 fully saturated rings. The number of carboxylic acid groups (broad SMARTS) is 2. The van der Waals surface area contributed by atoms with Crippen molar-refractivity contribution in [1.82, 2.24) is 9.97 Å². The highest BCUT2D eigenvalue weighted by Crippen LogP contribution is 2.19. The number of nitrogens with one attached hydrogen (secondary N) is 2. The molecular weight excluding hydrogens is 386 g/mol. The van der Waals surface area contributed by atoms with E-state index in [4.69, 9.17) is 15.9 Å². The van der Waals surface area contributed by atoms with Crippen LogP contribution in [0.5, 0.6) is 0 Å². The first-order chi connectivity index (χ1) is 14.4. The first kappa shape index (κ1) is 20.8. The lowest BCUT2D eigenvalue weighted by Crippen LogP contribution is -2.32. The number of nitrogens with two attached hydrogens (primary N) is 1. The molecule has 0 bridgehead atoms. The predicted octanol–water partition coefficient (Wildman–Crippen LogP) is 2.49. The highest BCUT2D eigenvalue weighted by Gasteiger charge is 2.15. The highest BCUT2D eigenvalue weighted by atomic mass is 16.4. The van der Waals surface area contributed by atoms with Crippen LogP contribution in [0.25, 0.3) is 21.8 Å². The molecule has 0 saturated heterocycles. The number of carboxylic acids is 2. The van der Waals surface area contributed by atoms with Crippen molar-refractivity contribution in [3.05, 3.63) is 72.1 Å². The second kappa shape index (κ2) is 9.06. The number of hydrogen-bond donors (Lipinski definition) is 5. The zero-order valence-corrected chi connectivity index (χ0v) is 16.0. The Morgan fingerprint density at radius 2 is 1.33 bits per heavy atom. The fraction of sp³-hybridized carbons (Fsp3) is 0.136. The number of fused-ring (bicyclic) bond motifs is 2. The van der Waals surface area contributed by atoms with E-state index < -0.39 is 23.8 Å². The number of rotatable bonds is 6. The lowest BCUT2D eigenvalue weighted by atomic mass is 10.1. The number of hydrogen-bond acceptors (Lipinski definition) is 4. The van der Waals surface area contributed by atoms with Crippen molar-refractivity contribution >= 4 is 39.5 Å². The molecular formula is C22H21N3O5. The quantitative estimate of drug-likeness (QED) is 0.310. The van der Waals surface area contributed by atoms with Gasteiger partial charge in [0.2, 0.25) is 5.78 Å². The molecule has 0 amide bonds. The second-order valence-corrected chi connectivity index (χ2v) is 6.77. The summed E-state index contributed by atoms with van der Waals surface area (Å²) < 4.78 is 0. The van der Waals surface area contributed by atoms with Crippen LogP contribution in [0, 0.1) is 0 Å². The topological polar surface area (TPSA) is 149 Å². The SMILES string of the molecule is N[C@@H](Cc1c[nH]c2ccccc12)C(=O)O.O=C(O)C(=O)Cc1c[nH]c2ccccc12. The van der Waals surface area contributed by atoms with Crippen LogP contribution < -0.4 is 5.73 Å². The summed E-state index contributed by atoms with van der Waals surface area (Å²) in [5.74, 6) is -3.15. The summed E-state index contributed by atoms with van der Waals surface area (Å²) in [5.41, 5.74) is 9.06. The Hall–Kier alpha value is -3.91. The number of ketones is 1. The average molecular weight is 407 g/mol. The first-order valence-electron chi connectivity index (χ1n) is 9.21. The molecule has 0 unspecified atom stereocenters. The lowest BCUT2D eigenvalue weighted by molar-refractivity contribution is -0.148. The summed E-state index contributed by atoms with van der Waals surface area (Å²) in [5, 5.41) is 19.1. The maximum atomic E-state index is 11.0. The molecule has 0 aliphatic carbocycles. The number of carbonyl (C=O) groups is 3. The van der Waals surface area contributed by atoms with E-state index in [1.807, 2.05) is 54.7 Å². The van der Waals surface area contributed by atoms with Gasteiger partial charge in [-0.05, 0) is 23.3 Å². The van der Waals surface area contributed by atoms with Gasteiger partial charge in [0.25, 0.3) is 0 Å². The van der Waals surface area contributed by atoms with E-state index in [2.05, 4.69) is 9.97 Å². The summed E-state index contributed by atoms with van der Waals surface area (Å²) in [6.07, 6.45) is 3.76. The van der Waals surface area contributed by atoms with Crippen LogP contribution in [0.2, 0.25) is 0 Å². The Labute approximate surface area is 171 Å². The van der Waals surface area contributed by atoms with Crippen LogP contribution in [0.1, 0.15) is 11.1 Å². The maximum Gasteiger partial charge on any atom is 0.372 e. The predicted molar refractivity (Wildman–Crippen MR) is 112 cm³/mol. The molecule has 154 valence electrons. The van der Waals surface area contributed by atoms with Gasteiger partial charge in [0.1, 0.15) is 6.04 Å². The highest BCUT2D eigenvalue weighted by molar-refractivity contribution is 6.33. The van der Waals surface area contributed by atoms with E-state index >= 15 is 0 Å². The average Bonchev–Trinajstić information content (AvgIpc) is 3.33. The Kier molecular flexibility index (Phi) is 6.29. The van der Waals surface area contributed by atoms with Gasteiger partial charge in [-0.15, -0.1) is 0 Å². The lowest BCUT2D eigenvalue weighted by Gasteiger charge is -2.04. The van der Waals surface area contributed by atoms with Gasteiger partial charge < -0.3 is 25.9 Å². The Balaban J connectivity index is 0.000000171. The van der Waals surface area contributed by atoms with Crippen molar-refractivity contribution in [2.24, 2.45) is 5.73 Å². The number of para-hydroxylation sites is 2. The third-order valence-corrected chi connectivity index (χ3v) is 4.70. The van der Waals surface area contributed by atoms with E-state index in [0.717, 1.165) is 32.9 Å². The molecule has 0 saturated carbocycles. The fourth-order valence-electron chi connectivity index (χ4n) is 3.15. The molecule has 0 aliphatic heterocycles. The van der Waals surface area contributed by atoms with Gasteiger partial charge in [-0.2, -0.15) is 0 Å². The number of aromatic amines is 2. The minimum atomic E-state index is -1.39. The third kappa shape index (κ3) is 4.73. The van der Waals surface area contributed by atoms with Gasteiger partial charge in [-0.1, -0.05) is 36.4 Å². The molecule has 8 nitrogen and oxygen atoms in total. The normalized spacial score (nSPS) is 11.6. The van der Waals surface area contributed by atoms with Crippen molar-refractivity contribution in [3.63, 3.8) is 0 Å². The number of aromatic nitrogens is 2. The zero-order valence-electron chi connectivity index (χ0n) is 16.0. The molecule has 2 heterocycles. The minimum Gasteiger partial charge on any atom is -0.480 e. The molecule has 4 aromatic rings. The van der Waals surface area contributed by atoms with Crippen molar-refractivity contribution in [3.8, 4) is 0 Å². The molecule has 30 heavy (non-hydrogen) atoms. The largest absolute Gasteiger partial charge is 0.480 e. The molecule has 6 N–H and O–H groups in total. The van der Waals surface area contributed by atoms with Crippen LogP contribution >= 0.6 is 0 Å². The number of benzene rings is 2. The minimum absolute atomic E-state index is 0.0701. The molecule has 1 atom stereocenters. The van der Waals surface area contributed by atoms with Gasteiger partial charge in [-0.25, -0.2) is 4.79 Å². The molecule has 4 rings (SSSR count). The molecule has 0 spiro atoms. The van der Waals surface area contributed by atoms with Gasteiger partial charge in [-0.3, -0.25) is 9.59 Å². The van der Waals surface area contributed by atoms with Gasteiger partial charge in [0, 0.05) is 47.0 Å². The van der Waals surface area contributed by atoms with Crippen molar-refractivity contribution in [1.29, 1.82) is 0 Å². The second-order valence-electron chi connectivity index (χ2n) is 6.77. The fourth-order valence-corrected chi connectivity index (χ4v) is 3.15. The summed E-state index contributed by atoms with van der Waals surface area (Å²) >= 11 is 0. The van der Waals surface area contributed by atoms with Gasteiger partial charge in [0.15, 0.2) is 0 Å². The van der Waals surface area contributed by atoms with E-state index in [0.29, 0.717) is 6.42 Å². The summed E-state index contributed by atoms with van der Waals surface area (Å²) in [4.78, 5) is 38.1. The first-order valence-corrected chi connectivity index (χ1v) is 9.21. The van der Waals surface area contributed by atoms with E-state index in [1.165, 1.54) is 0 Å². The van der Waals surface area contributed by atoms with E-state index in [1.54, 1.807) is 6.20 Å².